The van der Waals surface area contributed by atoms with Gasteiger partial charge in [0.25, 0.3) is 29.5 Å². The third kappa shape index (κ3) is 16.0. The van der Waals surface area contributed by atoms with Gasteiger partial charge in [0.15, 0.2) is 0 Å². The number of carbonyl (C=O) groups is 8. The molecule has 10 rings (SSSR count). The van der Waals surface area contributed by atoms with Crippen molar-refractivity contribution >= 4 is 127 Å². The Hall–Kier alpha value is -9.00. The minimum absolute atomic E-state index is 0.00630. The molecule has 5 atom stereocenters. The van der Waals surface area contributed by atoms with Gasteiger partial charge in [-0.1, -0.05) is 12.2 Å². The van der Waals surface area contributed by atoms with E-state index in [9.17, 15) is 48.6 Å². The summed E-state index contributed by atoms with van der Waals surface area (Å²) in [5.41, 5.74) is 1.26. The number of rotatable bonds is 14. The highest BCUT2D eigenvalue weighted by atomic mass is 32.1. The molecule has 0 aliphatic carbocycles. The smallest absolute Gasteiger partial charge is 0.407 e. The summed E-state index contributed by atoms with van der Waals surface area (Å²) in [6.45, 7) is 13.4. The highest BCUT2D eigenvalue weighted by molar-refractivity contribution is 7.15. The number of likely N-dealkylation sites (N-methyl/N-ethyl adjacent to an activating group) is 1. The Balaban J connectivity index is 1.02. The number of hydrogen-bond acceptors (Lipinski definition) is 27. The SMILES string of the molecule is C/C=C(\NC(=O)c1csc(-c2csc(-c3ccc4c(n3)-c3csc(n3)C(C(C)OC(=O)NCc3ncccc3N3CCN(C)CC3)NC(=O)c3csc(n3)C(C(C)(C)O)NC(=O)c3csc(n3)/C(=C/C)NC(=O)C(C(C)O)NC(=O)c3csc-4n3)n2)n1)C(=O)NCC(C)=O. The molecular formula is C60H63N17O11S6. The summed E-state index contributed by atoms with van der Waals surface area (Å²) < 4.78 is 6.07. The number of carbonyl (C=O) groups excluding carboxylic acids is 8. The second-order valence-electron chi connectivity index (χ2n) is 22.0. The summed E-state index contributed by atoms with van der Waals surface area (Å²) in [7, 11) is 2.06. The summed E-state index contributed by atoms with van der Waals surface area (Å²) in [6, 6.07) is 3.32. The van der Waals surface area contributed by atoms with E-state index in [1.54, 1.807) is 49.9 Å². The number of Topliss-reactive ketones (excluding diaryl/α,β-unsaturated/α-hetero) is 1. The number of allylic oxidation sites excluding steroid dienone is 2. The molecule has 2 aliphatic rings. The van der Waals surface area contributed by atoms with Gasteiger partial charge in [0, 0.05) is 70.2 Å². The van der Waals surface area contributed by atoms with Crippen molar-refractivity contribution in [3.05, 3.63) is 124 Å². The van der Waals surface area contributed by atoms with E-state index in [0.717, 1.165) is 88.6 Å². The number of pyridine rings is 2. The number of alkyl carbamates (subject to hydrolysis) is 1. The Morgan fingerprint density at radius 2 is 1.32 bits per heavy atom. The molecule has 5 unspecified atom stereocenters. The van der Waals surface area contributed by atoms with Crippen LogP contribution in [0.25, 0.3) is 49.1 Å². The van der Waals surface area contributed by atoms with Crippen LogP contribution in [0.5, 0.6) is 0 Å². The van der Waals surface area contributed by atoms with Crippen LogP contribution in [-0.4, -0.2) is 166 Å². The van der Waals surface area contributed by atoms with Gasteiger partial charge >= 0.3 is 6.09 Å². The monoisotopic (exact) mass is 1390 g/mol. The van der Waals surface area contributed by atoms with Crippen molar-refractivity contribution in [3.8, 4) is 43.4 Å². The van der Waals surface area contributed by atoms with Crippen LogP contribution >= 0.6 is 68.0 Å². The first kappa shape index (κ1) is 67.9. The first-order valence-corrected chi connectivity index (χ1v) is 34.4. The number of nitrogens with one attached hydrogen (secondary N) is 7. The molecule has 8 bridgehead atoms. The van der Waals surface area contributed by atoms with Gasteiger partial charge in [0.1, 0.15) is 106 Å². The normalized spacial score (nSPS) is 18.0. The van der Waals surface area contributed by atoms with Gasteiger partial charge in [-0.25, -0.2) is 39.7 Å². The number of nitrogens with zero attached hydrogens (tertiary/aromatic N) is 10. The van der Waals surface area contributed by atoms with Crippen LogP contribution in [0.3, 0.4) is 0 Å². The highest BCUT2D eigenvalue weighted by Crippen LogP contribution is 2.39. The Morgan fingerprint density at radius 3 is 2.02 bits per heavy atom. The van der Waals surface area contributed by atoms with E-state index in [-0.39, 0.29) is 84.5 Å². The molecule has 7 amide bonds. The first-order valence-electron chi connectivity index (χ1n) is 29.1. The van der Waals surface area contributed by atoms with Crippen molar-refractivity contribution in [2.45, 2.75) is 90.9 Å². The van der Waals surface area contributed by atoms with Gasteiger partial charge in [-0.05, 0) is 79.8 Å². The zero-order valence-corrected chi connectivity index (χ0v) is 56.5. The lowest BCUT2D eigenvalue weighted by atomic mass is 9.99. The second kappa shape index (κ2) is 29.5. The van der Waals surface area contributed by atoms with E-state index in [1.807, 2.05) is 12.1 Å². The predicted octanol–water partition coefficient (Wildman–Crippen LogP) is 5.97. The number of thiazole rings is 6. The summed E-state index contributed by atoms with van der Waals surface area (Å²) >= 11 is 6.56. The summed E-state index contributed by atoms with van der Waals surface area (Å²) in [4.78, 5) is 150. The van der Waals surface area contributed by atoms with Crippen LogP contribution in [0.1, 0.15) is 123 Å². The maximum atomic E-state index is 14.7. The Bertz CT molecular complexity index is 4250. The van der Waals surface area contributed by atoms with Crippen molar-refractivity contribution in [3.63, 3.8) is 0 Å². The topological polar surface area (TPSA) is 380 Å². The molecule has 490 valence electrons. The fourth-order valence-electron chi connectivity index (χ4n) is 9.50. The molecule has 34 heteroatoms. The molecule has 94 heavy (non-hydrogen) atoms. The number of aromatic nitrogens is 8. The lowest BCUT2D eigenvalue weighted by molar-refractivity contribution is -0.124. The highest BCUT2D eigenvalue weighted by Gasteiger charge is 2.37. The maximum Gasteiger partial charge on any atom is 0.407 e. The van der Waals surface area contributed by atoms with Crippen molar-refractivity contribution < 1.29 is 53.3 Å². The van der Waals surface area contributed by atoms with Crippen LogP contribution in [0.2, 0.25) is 0 Å². The van der Waals surface area contributed by atoms with Gasteiger partial charge in [-0.15, -0.1) is 68.0 Å². The second-order valence-corrected chi connectivity index (χ2v) is 27.3. The number of anilines is 1. The predicted molar refractivity (Wildman–Crippen MR) is 356 cm³/mol. The molecule has 8 aromatic heterocycles. The Kier molecular flexibility index (Phi) is 21.3. The number of piperazine rings is 1. The van der Waals surface area contributed by atoms with E-state index in [2.05, 4.69) is 74.0 Å². The zero-order valence-electron chi connectivity index (χ0n) is 51.6. The fraction of sp³-hybridized carbons (Fsp3) is 0.333. The van der Waals surface area contributed by atoms with Crippen LogP contribution < -0.4 is 42.1 Å². The van der Waals surface area contributed by atoms with E-state index in [1.165, 1.54) is 72.7 Å². The van der Waals surface area contributed by atoms with Gasteiger partial charge < -0.3 is 62.0 Å². The molecular weight excluding hydrogens is 1330 g/mol. The average Bonchev–Trinajstić information content (AvgIpc) is 1.61. The number of ether oxygens (including phenoxy) is 1. The van der Waals surface area contributed by atoms with E-state index >= 15 is 0 Å². The Morgan fingerprint density at radius 1 is 0.713 bits per heavy atom. The van der Waals surface area contributed by atoms with Crippen molar-refractivity contribution in [1.29, 1.82) is 0 Å². The Labute approximate surface area is 561 Å². The lowest BCUT2D eigenvalue weighted by Gasteiger charge is -2.34. The molecule has 9 N–H and O–H groups in total. The average molecular weight is 1390 g/mol. The van der Waals surface area contributed by atoms with E-state index in [4.69, 9.17) is 24.7 Å². The third-order valence-corrected chi connectivity index (χ3v) is 19.9. The molecule has 1 fully saturated rings. The summed E-state index contributed by atoms with van der Waals surface area (Å²) in [6.07, 6.45) is 1.20. The molecule has 2 aliphatic heterocycles. The fourth-order valence-corrected chi connectivity index (χ4v) is 14.7. The number of hydrogen-bond donors (Lipinski definition) is 9. The molecule has 8 aromatic rings. The maximum absolute atomic E-state index is 14.7. The standard InChI is InChI=1S/C60H63N17O11S6/c1-9-32(47(80)62-20-28(3)78)65-48(81)37-24-91-56(70-37)41-27-92-55(72-41)34-14-13-31-45(64-34)36-22-93-57(67-36)44(30(5)88-59(86)63-21-35-42(12-11-15-61-35)77-18-16-76(8)17-19-77)74-50(83)39-26-94-58(71-39)46(60(6,7)87)75-51(84)40-25-90-54(69-40)33(10-2)66-52(85)43(29(4)79)73-49(82)38-23-89-53(31)68-38/h9-15,22-27,29-30,43-44,46,79,87H,16-21H2,1-8H3,(H,62,80)(H,63,86)(H,65,81)(H,66,85)(H,73,82)(H,74,83)(H,75,84)/b32-9-,33-10-. The van der Waals surface area contributed by atoms with Gasteiger partial charge in [-0.2, -0.15) is 0 Å². The molecule has 28 nitrogen and oxygen atoms in total. The minimum atomic E-state index is -1.66. The third-order valence-electron chi connectivity index (χ3n) is 14.6. The summed E-state index contributed by atoms with van der Waals surface area (Å²) in [5, 5.41) is 52.3. The van der Waals surface area contributed by atoms with Crippen molar-refractivity contribution in [2.75, 3.05) is 44.7 Å². The molecule has 1 saturated heterocycles. The van der Waals surface area contributed by atoms with E-state index in [0.29, 0.717) is 32.7 Å². The largest absolute Gasteiger partial charge is 0.444 e. The summed E-state index contributed by atoms with van der Waals surface area (Å²) in [5.74, 6) is -4.64. The van der Waals surface area contributed by atoms with Crippen molar-refractivity contribution in [2.24, 2.45) is 0 Å². The number of amides is 7. The van der Waals surface area contributed by atoms with Crippen LogP contribution in [0.4, 0.5) is 10.5 Å². The van der Waals surface area contributed by atoms with Gasteiger partial charge in [0.05, 0.1) is 47.6 Å². The quantitative estimate of drug-likeness (QED) is 0.0566. The molecule has 10 heterocycles. The zero-order chi connectivity index (χ0) is 67.1. The molecule has 0 radical (unpaired) electrons. The molecule has 0 spiro atoms. The first-order chi connectivity index (χ1) is 44.9. The number of aliphatic hydroxyl groups excluding tert-OH is 1. The molecule has 0 saturated carbocycles. The van der Waals surface area contributed by atoms with Crippen LogP contribution in [0, 0.1) is 0 Å². The van der Waals surface area contributed by atoms with Gasteiger partial charge in [0.2, 0.25) is 5.91 Å². The minimum Gasteiger partial charge on any atom is -0.444 e. The number of ketones is 1. The van der Waals surface area contributed by atoms with Gasteiger partial charge in [-0.3, -0.25) is 38.5 Å². The van der Waals surface area contributed by atoms with E-state index < -0.39 is 77.5 Å². The van der Waals surface area contributed by atoms with Crippen LogP contribution in [0.15, 0.2) is 80.6 Å². The molecule has 0 aromatic carbocycles. The number of aliphatic hydroxyl groups is 2. The van der Waals surface area contributed by atoms with Crippen LogP contribution in [-0.2, 0) is 25.7 Å². The number of fused-ring (bicyclic) bond motifs is 11. The van der Waals surface area contributed by atoms with Crippen molar-refractivity contribution in [1.82, 2.24) is 82.0 Å². The lowest BCUT2D eigenvalue weighted by Crippen LogP contribution is -2.52.